The van der Waals surface area contributed by atoms with E-state index in [1.54, 1.807) is 14.0 Å². The minimum Gasteiger partial charge on any atom is -0.392 e. The Balaban J connectivity index is 2.78. The van der Waals surface area contributed by atoms with E-state index < -0.39 is 6.10 Å². The quantitative estimate of drug-likeness (QED) is 0.785. The zero-order valence-electron chi connectivity index (χ0n) is 10.3. The van der Waals surface area contributed by atoms with Gasteiger partial charge in [-0.05, 0) is 12.5 Å². The Morgan fingerprint density at radius 2 is 2.00 bits per heavy atom. The zero-order chi connectivity index (χ0) is 12.8. The van der Waals surface area contributed by atoms with Crippen molar-refractivity contribution in [2.45, 2.75) is 18.9 Å². The topological polar surface area (TPSA) is 66.6 Å². The molecule has 0 saturated heterocycles. The van der Waals surface area contributed by atoms with Gasteiger partial charge in [-0.25, -0.2) is 0 Å². The third kappa shape index (κ3) is 3.84. The summed E-state index contributed by atoms with van der Waals surface area (Å²) >= 11 is 0. The zero-order valence-corrected chi connectivity index (χ0v) is 10.3. The highest BCUT2D eigenvalue weighted by Crippen LogP contribution is 2.16. The molecule has 0 aromatic heterocycles. The Labute approximate surface area is 102 Å². The summed E-state index contributed by atoms with van der Waals surface area (Å²) in [6, 6.07) is 9.47. The second-order valence-corrected chi connectivity index (χ2v) is 4.27. The number of hydrogen-bond acceptors (Lipinski definition) is 3. The lowest BCUT2D eigenvalue weighted by Gasteiger charge is -2.24. The molecule has 2 atom stereocenters. The Kier molecular flexibility index (Phi) is 5.12. The highest BCUT2D eigenvalue weighted by Gasteiger charge is 2.22. The molecule has 1 aromatic rings. The molecule has 4 nitrogen and oxygen atoms in total. The van der Waals surface area contributed by atoms with E-state index in [0.29, 0.717) is 6.54 Å². The fourth-order valence-corrected chi connectivity index (χ4v) is 1.82. The molecule has 1 aromatic carbocycles. The summed E-state index contributed by atoms with van der Waals surface area (Å²) in [6.45, 7) is 2.25. The Hall–Kier alpha value is -1.39. The van der Waals surface area contributed by atoms with Gasteiger partial charge in [0.15, 0.2) is 0 Å². The van der Waals surface area contributed by atoms with Crippen molar-refractivity contribution in [2.24, 2.45) is 5.73 Å². The first-order chi connectivity index (χ1) is 8.06. The van der Waals surface area contributed by atoms with Crippen LogP contribution >= 0.6 is 0 Å². The molecule has 0 bridgehead atoms. The summed E-state index contributed by atoms with van der Waals surface area (Å²) in [5.74, 6) is -0.389. The van der Waals surface area contributed by atoms with Gasteiger partial charge < -0.3 is 15.7 Å². The normalized spacial score (nSPS) is 14.1. The summed E-state index contributed by atoms with van der Waals surface area (Å²) in [6.07, 6.45) is -0.529. The average Bonchev–Trinajstić information content (AvgIpc) is 2.30. The SMILES string of the molecule is CC(O)CN(C)C(=O)C(CN)c1ccccc1. The van der Waals surface area contributed by atoms with E-state index in [1.807, 2.05) is 30.3 Å². The highest BCUT2D eigenvalue weighted by molar-refractivity contribution is 5.83. The molecule has 2 unspecified atom stereocenters. The van der Waals surface area contributed by atoms with Gasteiger partial charge in [0.1, 0.15) is 0 Å². The number of aliphatic hydroxyl groups excluding tert-OH is 1. The number of carbonyl (C=O) groups excluding carboxylic acids is 1. The van der Waals surface area contributed by atoms with Crippen LogP contribution in [0.3, 0.4) is 0 Å². The van der Waals surface area contributed by atoms with Crippen LogP contribution in [0.25, 0.3) is 0 Å². The largest absolute Gasteiger partial charge is 0.392 e. The molecule has 0 heterocycles. The first kappa shape index (κ1) is 13.7. The standard InChI is InChI=1S/C13H20N2O2/c1-10(16)9-15(2)13(17)12(8-14)11-6-4-3-5-7-11/h3-7,10,12,16H,8-9,14H2,1-2H3. The van der Waals surface area contributed by atoms with Gasteiger partial charge in [-0.2, -0.15) is 0 Å². The Morgan fingerprint density at radius 1 is 1.41 bits per heavy atom. The van der Waals surface area contributed by atoms with Crippen molar-refractivity contribution in [2.75, 3.05) is 20.1 Å². The van der Waals surface area contributed by atoms with Crippen LogP contribution in [0.2, 0.25) is 0 Å². The molecule has 0 spiro atoms. The van der Waals surface area contributed by atoms with Crippen LogP contribution in [0.1, 0.15) is 18.4 Å². The number of rotatable bonds is 5. The third-order valence-corrected chi connectivity index (χ3v) is 2.65. The Bertz CT molecular complexity index is 352. The molecule has 3 N–H and O–H groups in total. The fraction of sp³-hybridized carbons (Fsp3) is 0.462. The van der Waals surface area contributed by atoms with Crippen molar-refractivity contribution < 1.29 is 9.90 Å². The lowest BCUT2D eigenvalue weighted by Crippen LogP contribution is -2.38. The van der Waals surface area contributed by atoms with Gasteiger partial charge in [0, 0.05) is 20.1 Å². The molecule has 17 heavy (non-hydrogen) atoms. The molecule has 1 amide bonds. The van der Waals surface area contributed by atoms with E-state index in [0.717, 1.165) is 5.56 Å². The van der Waals surface area contributed by atoms with Crippen LogP contribution in [0.4, 0.5) is 0 Å². The number of likely N-dealkylation sites (N-methyl/N-ethyl adjacent to an activating group) is 1. The second kappa shape index (κ2) is 6.37. The minimum absolute atomic E-state index is 0.0559. The molecule has 0 aliphatic rings. The van der Waals surface area contributed by atoms with Crippen molar-refractivity contribution >= 4 is 5.91 Å². The van der Waals surface area contributed by atoms with Gasteiger partial charge in [0.05, 0.1) is 12.0 Å². The van der Waals surface area contributed by atoms with E-state index in [9.17, 15) is 9.90 Å². The maximum absolute atomic E-state index is 12.1. The molecule has 0 aliphatic carbocycles. The number of hydrogen-bond donors (Lipinski definition) is 2. The predicted octanol–water partition coefficient (Wildman–Crippen LogP) is 0.568. The van der Waals surface area contributed by atoms with Gasteiger partial charge >= 0.3 is 0 Å². The van der Waals surface area contributed by atoms with Gasteiger partial charge in [0.25, 0.3) is 0 Å². The molecular weight excluding hydrogens is 216 g/mol. The molecule has 94 valence electrons. The van der Waals surface area contributed by atoms with Crippen molar-refractivity contribution in [3.8, 4) is 0 Å². The van der Waals surface area contributed by atoms with Crippen molar-refractivity contribution in [3.05, 3.63) is 35.9 Å². The van der Waals surface area contributed by atoms with Crippen molar-refractivity contribution in [1.29, 1.82) is 0 Å². The predicted molar refractivity (Wildman–Crippen MR) is 67.6 cm³/mol. The smallest absolute Gasteiger partial charge is 0.231 e. The maximum Gasteiger partial charge on any atom is 0.231 e. The van der Waals surface area contributed by atoms with Gasteiger partial charge in [-0.1, -0.05) is 30.3 Å². The molecule has 1 rings (SSSR count). The first-order valence-corrected chi connectivity index (χ1v) is 5.74. The van der Waals surface area contributed by atoms with E-state index in [2.05, 4.69) is 0 Å². The van der Waals surface area contributed by atoms with Crippen LogP contribution in [0.15, 0.2) is 30.3 Å². The third-order valence-electron chi connectivity index (χ3n) is 2.65. The Morgan fingerprint density at radius 3 is 2.47 bits per heavy atom. The number of benzene rings is 1. The lowest BCUT2D eigenvalue weighted by molar-refractivity contribution is -0.132. The minimum atomic E-state index is -0.529. The second-order valence-electron chi connectivity index (χ2n) is 4.27. The summed E-state index contributed by atoms with van der Waals surface area (Å²) in [7, 11) is 1.68. The lowest BCUT2D eigenvalue weighted by atomic mass is 9.98. The van der Waals surface area contributed by atoms with Crippen LogP contribution in [-0.4, -0.2) is 42.2 Å². The van der Waals surface area contributed by atoms with Crippen molar-refractivity contribution in [1.82, 2.24) is 4.90 Å². The summed E-state index contributed by atoms with van der Waals surface area (Å²) in [5.41, 5.74) is 6.58. The molecule has 0 aliphatic heterocycles. The highest BCUT2D eigenvalue weighted by atomic mass is 16.3. The van der Waals surface area contributed by atoms with Crippen LogP contribution in [-0.2, 0) is 4.79 Å². The number of amides is 1. The fourth-order valence-electron chi connectivity index (χ4n) is 1.82. The van der Waals surface area contributed by atoms with Gasteiger partial charge in [-0.3, -0.25) is 4.79 Å². The van der Waals surface area contributed by atoms with E-state index in [-0.39, 0.29) is 18.4 Å². The van der Waals surface area contributed by atoms with E-state index >= 15 is 0 Å². The van der Waals surface area contributed by atoms with Crippen LogP contribution in [0.5, 0.6) is 0 Å². The molecule has 0 radical (unpaired) electrons. The van der Waals surface area contributed by atoms with Crippen LogP contribution in [0, 0.1) is 0 Å². The summed E-state index contributed by atoms with van der Waals surface area (Å²) < 4.78 is 0. The maximum atomic E-state index is 12.1. The monoisotopic (exact) mass is 236 g/mol. The van der Waals surface area contributed by atoms with E-state index in [4.69, 9.17) is 5.73 Å². The summed E-state index contributed by atoms with van der Waals surface area (Å²) in [4.78, 5) is 13.7. The molecule has 4 heteroatoms. The number of aliphatic hydroxyl groups is 1. The number of nitrogens with two attached hydrogens (primary N) is 1. The average molecular weight is 236 g/mol. The summed E-state index contributed by atoms with van der Waals surface area (Å²) in [5, 5.41) is 9.27. The van der Waals surface area contributed by atoms with Crippen LogP contribution < -0.4 is 5.73 Å². The first-order valence-electron chi connectivity index (χ1n) is 5.74. The van der Waals surface area contributed by atoms with Gasteiger partial charge in [0.2, 0.25) is 5.91 Å². The molecular formula is C13H20N2O2. The van der Waals surface area contributed by atoms with Crippen molar-refractivity contribution in [3.63, 3.8) is 0 Å². The number of carbonyl (C=O) groups is 1. The van der Waals surface area contributed by atoms with E-state index in [1.165, 1.54) is 4.90 Å². The molecule has 0 saturated carbocycles. The van der Waals surface area contributed by atoms with Gasteiger partial charge in [-0.15, -0.1) is 0 Å². The molecule has 0 fully saturated rings. The number of nitrogens with zero attached hydrogens (tertiary/aromatic N) is 1.